The molecule has 0 amide bonds. The molecule has 0 saturated heterocycles. The van der Waals surface area contributed by atoms with E-state index < -0.39 is 0 Å². The molecule has 0 nitrogen and oxygen atoms in total. The molecule has 0 fully saturated rings. The monoisotopic (exact) mass is 150 g/mol. The number of unbranched alkanes of at least 4 members (excludes halogenated alkanes) is 3. The summed E-state index contributed by atoms with van der Waals surface area (Å²) >= 11 is 2.22. The molecule has 0 aromatic rings. The van der Waals surface area contributed by atoms with Gasteiger partial charge in [-0.15, -0.1) is 0 Å². The van der Waals surface area contributed by atoms with Crippen molar-refractivity contribution in [3.05, 3.63) is 0 Å². The van der Waals surface area contributed by atoms with Crippen molar-refractivity contribution in [2.75, 3.05) is 0 Å². The number of hydrogen-bond acceptors (Lipinski definition) is 0. The molecule has 0 bridgehead atoms. The third kappa shape index (κ3) is 25.0. The third-order valence-corrected chi connectivity index (χ3v) is 1.77. The van der Waals surface area contributed by atoms with E-state index in [0.717, 1.165) is 4.59 Å². The van der Waals surface area contributed by atoms with E-state index >= 15 is 0 Å². The summed E-state index contributed by atoms with van der Waals surface area (Å²) in [6.07, 6.45) is 6.84. The summed E-state index contributed by atoms with van der Waals surface area (Å²) in [5, 5.41) is 0. The van der Waals surface area contributed by atoms with Crippen LogP contribution >= 0.6 is 0 Å². The average Bonchev–Trinajstić information content (AvgIpc) is 2.02. The van der Waals surface area contributed by atoms with Crippen molar-refractivity contribution in [1.29, 1.82) is 0 Å². The van der Waals surface area contributed by atoms with Crippen LogP contribution in [-0.4, -0.2) is 17.7 Å². The van der Waals surface area contributed by atoms with Gasteiger partial charge in [0.1, 0.15) is 0 Å². The van der Waals surface area contributed by atoms with Crippen molar-refractivity contribution < 1.29 is 0 Å². The Morgan fingerprint density at radius 3 is 1.36 bits per heavy atom. The van der Waals surface area contributed by atoms with Gasteiger partial charge in [0.25, 0.3) is 0 Å². The first-order valence-electron chi connectivity index (χ1n) is 5.18. The van der Waals surface area contributed by atoms with Gasteiger partial charge in [-0.05, 0) is 0 Å². The van der Waals surface area contributed by atoms with Gasteiger partial charge in [0, 0.05) is 0 Å². The van der Waals surface area contributed by atoms with Crippen molar-refractivity contribution >= 4 is 17.7 Å². The Balaban J connectivity index is 0. The quantitative estimate of drug-likeness (QED) is 0.420. The van der Waals surface area contributed by atoms with E-state index in [0.29, 0.717) is 0 Å². The topological polar surface area (TPSA) is 0 Å². The second-order valence-electron chi connectivity index (χ2n) is 3.51. The Bertz CT molecular complexity index is 46.8. The van der Waals surface area contributed by atoms with Crippen LogP contribution in [0.2, 0.25) is 4.59 Å². The van der Waals surface area contributed by atoms with Crippen LogP contribution in [-0.2, 0) is 0 Å². The van der Waals surface area contributed by atoms with Crippen LogP contribution in [0.25, 0.3) is 0 Å². The molecule has 0 aliphatic heterocycles. The van der Waals surface area contributed by atoms with Crippen LogP contribution in [0.3, 0.4) is 0 Å². The average molecular weight is 150 g/mol. The summed E-state index contributed by atoms with van der Waals surface area (Å²) < 4.78 is 0.884. The minimum absolute atomic E-state index is 0.884. The Labute approximate surface area is 82.4 Å². The van der Waals surface area contributed by atoms with Crippen LogP contribution in [0, 0.1) is 0 Å². The molecule has 0 heterocycles. The summed E-state index contributed by atoms with van der Waals surface area (Å²) in [5.41, 5.74) is 0. The summed E-state index contributed by atoms with van der Waals surface area (Å²) in [4.78, 5) is 0. The second kappa shape index (κ2) is 13.2. The van der Waals surface area contributed by atoms with E-state index in [-0.39, 0.29) is 0 Å². The Hall–Kier alpha value is 0.597. The van der Waals surface area contributed by atoms with Gasteiger partial charge in [0.15, 0.2) is 0 Å². The molecule has 1 atom stereocenters. The fourth-order valence-electron chi connectivity index (χ4n) is 0.500. The van der Waals surface area contributed by atoms with Gasteiger partial charge in [-0.1, -0.05) is 39.5 Å². The molecule has 11 heavy (non-hydrogen) atoms. The first-order chi connectivity index (χ1) is 5.18. The van der Waals surface area contributed by atoms with Crippen LogP contribution in [0.1, 0.15) is 59.8 Å². The third-order valence-electron chi connectivity index (χ3n) is 1.77. The van der Waals surface area contributed by atoms with E-state index in [1.54, 1.807) is 0 Å². The SMILES string of the molecule is CCCCCC.[Li][CH](C)CC. The summed E-state index contributed by atoms with van der Waals surface area (Å²) in [5.74, 6) is 0. The van der Waals surface area contributed by atoms with E-state index in [1.165, 1.54) is 32.1 Å². The first kappa shape index (κ1) is 14.1. The molecule has 0 aromatic heterocycles. The summed E-state index contributed by atoms with van der Waals surface area (Å²) in [6, 6.07) is 0. The Morgan fingerprint density at radius 2 is 1.27 bits per heavy atom. The van der Waals surface area contributed by atoms with Gasteiger partial charge in [0.2, 0.25) is 0 Å². The van der Waals surface area contributed by atoms with Gasteiger partial charge in [-0.3, -0.25) is 0 Å². The van der Waals surface area contributed by atoms with E-state index in [4.69, 9.17) is 0 Å². The van der Waals surface area contributed by atoms with E-state index in [9.17, 15) is 0 Å². The summed E-state index contributed by atoms with van der Waals surface area (Å²) in [6.45, 7) is 8.88. The first-order valence-corrected chi connectivity index (χ1v) is 5.18. The number of hydrogen-bond donors (Lipinski definition) is 0. The zero-order valence-electron chi connectivity index (χ0n) is 9.11. The fourth-order valence-corrected chi connectivity index (χ4v) is 0.500. The Morgan fingerprint density at radius 1 is 1.00 bits per heavy atom. The van der Waals surface area contributed by atoms with Crippen molar-refractivity contribution in [2.45, 2.75) is 64.4 Å². The van der Waals surface area contributed by atoms with Gasteiger partial charge in [-0.2, -0.15) is 0 Å². The molecule has 1 heteroatoms. The zero-order chi connectivity index (χ0) is 9.11. The molecule has 0 aromatic carbocycles. The maximum absolute atomic E-state index is 2.23. The molecule has 0 N–H and O–H groups in total. The van der Waals surface area contributed by atoms with Crippen LogP contribution in [0.5, 0.6) is 0 Å². The predicted molar refractivity (Wildman–Crippen MR) is 55.3 cm³/mol. The van der Waals surface area contributed by atoms with E-state index in [2.05, 4.69) is 45.4 Å². The van der Waals surface area contributed by atoms with E-state index in [1.807, 2.05) is 0 Å². The van der Waals surface area contributed by atoms with Crippen molar-refractivity contribution in [1.82, 2.24) is 0 Å². The zero-order valence-corrected chi connectivity index (χ0v) is 9.11. The standard InChI is InChI=1S/C6H14.C4H9.Li/c1-3-5-6-4-2;1-3-4-2;/h3-6H2,1-2H3;3H,4H2,1-2H3;. The molecule has 0 spiro atoms. The minimum atomic E-state index is 0.884. The molecular formula is C10H23Li. The van der Waals surface area contributed by atoms with Crippen molar-refractivity contribution in [3.8, 4) is 0 Å². The molecule has 1 unspecified atom stereocenters. The van der Waals surface area contributed by atoms with Gasteiger partial charge < -0.3 is 0 Å². The molecule has 0 aliphatic rings. The van der Waals surface area contributed by atoms with Crippen molar-refractivity contribution in [2.24, 2.45) is 0 Å². The van der Waals surface area contributed by atoms with Crippen LogP contribution in [0.15, 0.2) is 0 Å². The van der Waals surface area contributed by atoms with Gasteiger partial charge in [0.05, 0.1) is 0 Å². The molecule has 0 aliphatic carbocycles. The fraction of sp³-hybridized carbons (Fsp3) is 1.00. The summed E-state index contributed by atoms with van der Waals surface area (Å²) in [7, 11) is 0. The van der Waals surface area contributed by atoms with Gasteiger partial charge in [-0.25, -0.2) is 0 Å². The molecular weight excluding hydrogens is 127 g/mol. The predicted octanol–water partition coefficient (Wildman–Crippen LogP) is 3.96. The second-order valence-corrected chi connectivity index (χ2v) is 3.51. The van der Waals surface area contributed by atoms with Crippen molar-refractivity contribution in [3.63, 3.8) is 0 Å². The van der Waals surface area contributed by atoms with Crippen LogP contribution in [0.4, 0.5) is 0 Å². The maximum atomic E-state index is 2.23. The molecule has 64 valence electrons. The molecule has 0 rings (SSSR count). The molecule has 0 saturated carbocycles. The normalized spacial score (nSPS) is 11.8. The number of rotatable bonds is 4. The molecule has 0 radical (unpaired) electrons. The Kier molecular flexibility index (Phi) is 17.0. The van der Waals surface area contributed by atoms with Gasteiger partial charge >= 0.3 is 42.6 Å². The van der Waals surface area contributed by atoms with Crippen LogP contribution < -0.4 is 0 Å².